The minimum absolute atomic E-state index is 0.106. The van der Waals surface area contributed by atoms with Gasteiger partial charge in [-0.05, 0) is 59.9 Å². The zero-order valence-corrected chi connectivity index (χ0v) is 17.7. The van der Waals surface area contributed by atoms with Crippen molar-refractivity contribution in [1.29, 1.82) is 0 Å². The molecule has 0 bridgehead atoms. The van der Waals surface area contributed by atoms with E-state index in [1.807, 2.05) is 24.3 Å². The predicted molar refractivity (Wildman–Crippen MR) is 119 cm³/mol. The number of aromatic nitrogens is 2. The molecule has 0 amide bonds. The molecule has 7 nitrogen and oxygen atoms in total. The number of aromatic carboxylic acids is 1. The Morgan fingerprint density at radius 1 is 1.23 bits per heavy atom. The number of fused-ring (bicyclic) bond motifs is 2. The zero-order valence-electron chi connectivity index (χ0n) is 17.7. The molecule has 0 spiro atoms. The van der Waals surface area contributed by atoms with Crippen LogP contribution in [-0.4, -0.2) is 34.3 Å². The fraction of sp³-hybridized carbons (Fsp3) is 0.292. The third-order valence-electron chi connectivity index (χ3n) is 5.19. The minimum atomic E-state index is -1.05. The van der Waals surface area contributed by atoms with Crippen LogP contribution in [0.3, 0.4) is 0 Å². The quantitative estimate of drug-likeness (QED) is 0.646. The second-order valence-corrected chi connectivity index (χ2v) is 7.96. The molecule has 0 aliphatic carbocycles. The summed E-state index contributed by atoms with van der Waals surface area (Å²) in [6.07, 6.45) is 2.65. The molecule has 4 rings (SSSR count). The maximum atomic E-state index is 12.9. The number of carbonyl (C=O) groups is 1. The van der Waals surface area contributed by atoms with E-state index in [4.69, 9.17) is 9.47 Å². The highest BCUT2D eigenvalue weighted by atomic mass is 16.5. The Hall–Kier alpha value is -3.61. The number of allylic oxidation sites excluding steroid dienone is 1. The molecule has 160 valence electrons. The number of methoxy groups -OCH3 is 1. The summed E-state index contributed by atoms with van der Waals surface area (Å²) in [4.78, 5) is 28.8. The van der Waals surface area contributed by atoms with Gasteiger partial charge in [-0.15, -0.1) is 0 Å². The lowest BCUT2D eigenvalue weighted by Gasteiger charge is -2.13. The molecule has 7 heteroatoms. The first-order valence-corrected chi connectivity index (χ1v) is 10.2. The van der Waals surface area contributed by atoms with Crippen LogP contribution in [0.1, 0.15) is 42.0 Å². The van der Waals surface area contributed by atoms with E-state index in [9.17, 15) is 14.7 Å². The molecule has 1 N–H and O–H groups in total. The van der Waals surface area contributed by atoms with Gasteiger partial charge in [-0.1, -0.05) is 19.9 Å². The number of nitrogens with zero attached hydrogens (tertiary/aromatic N) is 2. The third kappa shape index (κ3) is 4.03. The topological polar surface area (TPSA) is 90.7 Å². The molecule has 0 unspecified atom stereocenters. The Morgan fingerprint density at radius 2 is 2.03 bits per heavy atom. The monoisotopic (exact) mass is 420 g/mol. The number of benzene rings is 2. The van der Waals surface area contributed by atoms with Crippen LogP contribution < -0.4 is 15.0 Å². The molecular formula is C24H24N2O5. The molecule has 1 aliphatic heterocycles. The van der Waals surface area contributed by atoms with E-state index < -0.39 is 5.97 Å². The second-order valence-electron chi connectivity index (χ2n) is 7.96. The molecule has 0 atom stereocenters. The average Bonchev–Trinajstić information content (AvgIpc) is 3.14. The number of hydrogen-bond acceptors (Lipinski definition) is 5. The molecule has 0 saturated heterocycles. The van der Waals surface area contributed by atoms with Gasteiger partial charge in [-0.2, -0.15) is 0 Å². The Balaban J connectivity index is 1.76. The second kappa shape index (κ2) is 8.26. The van der Waals surface area contributed by atoms with Crippen LogP contribution in [0.5, 0.6) is 11.5 Å². The fourth-order valence-corrected chi connectivity index (χ4v) is 3.64. The first-order valence-electron chi connectivity index (χ1n) is 10.2. The van der Waals surface area contributed by atoms with E-state index in [0.717, 1.165) is 11.1 Å². The van der Waals surface area contributed by atoms with Crippen LogP contribution in [0.2, 0.25) is 0 Å². The average molecular weight is 420 g/mol. The van der Waals surface area contributed by atoms with Gasteiger partial charge in [0.1, 0.15) is 5.82 Å². The lowest BCUT2D eigenvalue weighted by atomic mass is 10.1. The maximum absolute atomic E-state index is 12.9. The van der Waals surface area contributed by atoms with Crippen LogP contribution in [0.15, 0.2) is 41.2 Å². The molecule has 2 aromatic carbocycles. The number of carboxylic acids is 1. The maximum Gasteiger partial charge on any atom is 0.335 e. The van der Waals surface area contributed by atoms with Gasteiger partial charge in [0.2, 0.25) is 0 Å². The van der Waals surface area contributed by atoms with Crippen molar-refractivity contribution in [2.24, 2.45) is 5.92 Å². The minimum Gasteiger partial charge on any atom is -0.493 e. The van der Waals surface area contributed by atoms with Crippen molar-refractivity contribution in [2.75, 3.05) is 13.7 Å². The van der Waals surface area contributed by atoms with Gasteiger partial charge >= 0.3 is 5.97 Å². The molecule has 31 heavy (non-hydrogen) atoms. The van der Waals surface area contributed by atoms with Gasteiger partial charge in [0.05, 0.1) is 30.2 Å². The van der Waals surface area contributed by atoms with E-state index in [-0.39, 0.29) is 11.1 Å². The summed E-state index contributed by atoms with van der Waals surface area (Å²) < 4.78 is 12.9. The van der Waals surface area contributed by atoms with Crippen molar-refractivity contribution >= 4 is 28.5 Å². The number of hydrogen-bond donors (Lipinski definition) is 1. The predicted octanol–water partition coefficient (Wildman–Crippen LogP) is 4.08. The lowest BCUT2D eigenvalue weighted by Crippen LogP contribution is -2.21. The fourth-order valence-electron chi connectivity index (χ4n) is 3.64. The highest BCUT2D eigenvalue weighted by Crippen LogP contribution is 2.32. The van der Waals surface area contributed by atoms with E-state index in [1.54, 1.807) is 11.7 Å². The van der Waals surface area contributed by atoms with E-state index >= 15 is 0 Å². The highest BCUT2D eigenvalue weighted by Gasteiger charge is 2.21. The summed E-state index contributed by atoms with van der Waals surface area (Å²) in [5, 5.41) is 9.68. The molecule has 0 radical (unpaired) electrons. The molecule has 1 aliphatic rings. The van der Waals surface area contributed by atoms with Crippen molar-refractivity contribution in [1.82, 2.24) is 9.55 Å². The number of ether oxygens (including phenoxy) is 2. The smallest absolute Gasteiger partial charge is 0.335 e. The summed E-state index contributed by atoms with van der Waals surface area (Å²) in [6.45, 7) is 5.28. The summed E-state index contributed by atoms with van der Waals surface area (Å²) in [6, 6.07) is 10.1. The van der Waals surface area contributed by atoms with E-state index in [1.165, 1.54) is 18.2 Å². The Morgan fingerprint density at radius 3 is 2.74 bits per heavy atom. The van der Waals surface area contributed by atoms with Gasteiger partial charge in [-0.25, -0.2) is 9.78 Å². The Bertz CT molecular complexity index is 1260. The third-order valence-corrected chi connectivity index (χ3v) is 5.19. The van der Waals surface area contributed by atoms with Crippen molar-refractivity contribution in [3.63, 3.8) is 0 Å². The van der Waals surface area contributed by atoms with Crippen LogP contribution in [0, 0.1) is 5.92 Å². The molecular weight excluding hydrogens is 396 g/mol. The van der Waals surface area contributed by atoms with Gasteiger partial charge in [0.15, 0.2) is 11.5 Å². The van der Waals surface area contributed by atoms with Gasteiger partial charge in [0, 0.05) is 6.54 Å². The number of rotatable bonds is 6. The lowest BCUT2D eigenvalue weighted by molar-refractivity contribution is 0.0697. The molecule has 3 aromatic rings. The molecule has 0 fully saturated rings. The normalized spacial score (nSPS) is 14.3. The van der Waals surface area contributed by atoms with Crippen LogP contribution in [-0.2, 0) is 6.54 Å². The first kappa shape index (κ1) is 20.7. The van der Waals surface area contributed by atoms with Crippen LogP contribution in [0.25, 0.3) is 22.6 Å². The largest absolute Gasteiger partial charge is 0.493 e. The zero-order chi connectivity index (χ0) is 22.1. The molecule has 1 aromatic heterocycles. The summed E-state index contributed by atoms with van der Waals surface area (Å²) in [7, 11) is 1.61. The van der Waals surface area contributed by atoms with Crippen molar-refractivity contribution < 1.29 is 19.4 Å². The van der Waals surface area contributed by atoms with Gasteiger partial charge in [-0.3, -0.25) is 9.36 Å². The SMILES string of the molecule is COc1ccc(C=C2CCn3c2nc2cc(C(=O)O)ccc2c3=O)cc1OCC(C)C. The standard InChI is InChI=1S/C24H24N2O5/c1-14(2)13-31-21-11-15(4-7-20(21)30-3)10-16-8-9-26-22(16)25-19-12-17(24(28)29)5-6-18(19)23(26)27/h4-7,10-12,14H,8-9,13H2,1-3H3,(H,28,29). The Labute approximate surface area is 179 Å². The van der Waals surface area contributed by atoms with E-state index in [2.05, 4.69) is 18.8 Å². The van der Waals surface area contributed by atoms with Crippen molar-refractivity contribution in [2.45, 2.75) is 26.8 Å². The Kier molecular flexibility index (Phi) is 5.50. The van der Waals surface area contributed by atoms with Crippen molar-refractivity contribution in [3.8, 4) is 11.5 Å². The van der Waals surface area contributed by atoms with E-state index in [0.29, 0.717) is 53.7 Å². The molecule has 0 saturated carbocycles. The van der Waals surface area contributed by atoms with Gasteiger partial charge < -0.3 is 14.6 Å². The van der Waals surface area contributed by atoms with Crippen LogP contribution >= 0.6 is 0 Å². The molecule has 2 heterocycles. The highest BCUT2D eigenvalue weighted by molar-refractivity contribution is 5.93. The summed E-state index contributed by atoms with van der Waals surface area (Å²) in [5.41, 5.74) is 2.17. The van der Waals surface area contributed by atoms with Gasteiger partial charge in [0.25, 0.3) is 5.56 Å². The number of carboxylic acid groups (broad SMARTS) is 1. The summed E-state index contributed by atoms with van der Waals surface area (Å²) >= 11 is 0. The van der Waals surface area contributed by atoms with Crippen molar-refractivity contribution in [3.05, 3.63) is 63.7 Å². The first-order chi connectivity index (χ1) is 14.9. The van der Waals surface area contributed by atoms with Crippen LogP contribution in [0.4, 0.5) is 0 Å². The summed E-state index contributed by atoms with van der Waals surface area (Å²) in [5.74, 6) is 1.23.